The van der Waals surface area contributed by atoms with Gasteiger partial charge in [-0.3, -0.25) is 14.4 Å². The van der Waals surface area contributed by atoms with Gasteiger partial charge >= 0.3 is 0 Å². The van der Waals surface area contributed by atoms with Crippen LogP contribution in [0.3, 0.4) is 0 Å². The molecular formula is C34H41F2N3O5. The second-order valence-electron chi connectivity index (χ2n) is 11.1. The van der Waals surface area contributed by atoms with Crippen molar-refractivity contribution in [3.8, 4) is 0 Å². The van der Waals surface area contributed by atoms with E-state index in [9.17, 15) is 33.4 Å². The molecule has 0 unspecified atom stereocenters. The molecule has 0 aliphatic carbocycles. The molecule has 0 aromatic heterocycles. The Hall–Kier alpha value is -4.15. The minimum Gasteiger partial charge on any atom is -0.388 e. The van der Waals surface area contributed by atoms with E-state index >= 15 is 0 Å². The molecule has 3 aromatic carbocycles. The third-order valence-corrected chi connectivity index (χ3v) is 7.22. The minimum absolute atomic E-state index is 0.134. The van der Waals surface area contributed by atoms with Crippen molar-refractivity contribution in [2.24, 2.45) is 0 Å². The SMILES string of the molecule is CCCN(CCC)C(=O)c1cc(C)cc(C(=O)N[C@@H](Cc2cc(F)cc(F)c2)[C@@H](O)[C@H](O)[C@@H](C)NC(=O)c2ccccc2)c1. The first kappa shape index (κ1) is 34.3. The lowest BCUT2D eigenvalue weighted by atomic mass is 9.93. The van der Waals surface area contributed by atoms with Crippen LogP contribution in [0.4, 0.5) is 8.78 Å². The van der Waals surface area contributed by atoms with Gasteiger partial charge in [0.15, 0.2) is 0 Å². The Kier molecular flexibility index (Phi) is 12.5. The van der Waals surface area contributed by atoms with Crippen molar-refractivity contribution >= 4 is 17.7 Å². The highest BCUT2D eigenvalue weighted by Crippen LogP contribution is 2.18. The number of hydrogen-bond acceptors (Lipinski definition) is 5. The molecule has 0 bridgehead atoms. The second kappa shape index (κ2) is 16.1. The van der Waals surface area contributed by atoms with E-state index < -0.39 is 47.7 Å². The molecule has 44 heavy (non-hydrogen) atoms. The fourth-order valence-corrected chi connectivity index (χ4v) is 5.07. The van der Waals surface area contributed by atoms with Crippen LogP contribution in [-0.2, 0) is 6.42 Å². The fourth-order valence-electron chi connectivity index (χ4n) is 5.07. The molecule has 0 aliphatic rings. The number of nitrogens with zero attached hydrogens (tertiary/aromatic N) is 1. The van der Waals surface area contributed by atoms with Crippen molar-refractivity contribution in [2.75, 3.05) is 13.1 Å². The van der Waals surface area contributed by atoms with Crippen LogP contribution in [0.2, 0.25) is 0 Å². The van der Waals surface area contributed by atoms with Crippen LogP contribution in [0.1, 0.15) is 75.8 Å². The predicted octanol–water partition coefficient (Wildman–Crippen LogP) is 4.42. The molecule has 0 heterocycles. The molecule has 0 aliphatic heterocycles. The summed E-state index contributed by atoms with van der Waals surface area (Å²) in [7, 11) is 0. The number of carbonyl (C=O) groups excluding carboxylic acids is 3. The highest BCUT2D eigenvalue weighted by atomic mass is 19.1. The number of aryl methyl sites for hydroxylation is 1. The number of nitrogens with one attached hydrogen (secondary N) is 2. The molecule has 0 saturated heterocycles. The van der Waals surface area contributed by atoms with Crippen molar-refractivity contribution < 1.29 is 33.4 Å². The molecule has 8 nitrogen and oxygen atoms in total. The van der Waals surface area contributed by atoms with Gasteiger partial charge in [-0.15, -0.1) is 0 Å². The fraction of sp³-hybridized carbons (Fsp3) is 0.382. The highest BCUT2D eigenvalue weighted by Gasteiger charge is 2.33. The molecule has 3 aromatic rings. The lowest BCUT2D eigenvalue weighted by Crippen LogP contribution is -2.55. The molecule has 4 atom stereocenters. The molecule has 0 saturated carbocycles. The maximum absolute atomic E-state index is 14.0. The van der Waals surface area contributed by atoms with E-state index in [1.165, 1.54) is 13.0 Å². The Morgan fingerprint density at radius 3 is 1.93 bits per heavy atom. The van der Waals surface area contributed by atoms with Crippen LogP contribution < -0.4 is 10.6 Å². The number of hydrogen-bond donors (Lipinski definition) is 4. The van der Waals surface area contributed by atoms with Gasteiger partial charge in [0.05, 0.1) is 12.1 Å². The van der Waals surface area contributed by atoms with Crippen molar-refractivity contribution in [2.45, 2.75) is 71.2 Å². The zero-order valence-electron chi connectivity index (χ0n) is 25.5. The van der Waals surface area contributed by atoms with Crippen LogP contribution in [-0.4, -0.2) is 70.2 Å². The number of halogens is 2. The summed E-state index contributed by atoms with van der Waals surface area (Å²) < 4.78 is 28.0. The van der Waals surface area contributed by atoms with Gasteiger partial charge in [0.2, 0.25) is 0 Å². The third-order valence-electron chi connectivity index (χ3n) is 7.22. The second-order valence-corrected chi connectivity index (χ2v) is 11.1. The monoisotopic (exact) mass is 609 g/mol. The molecule has 236 valence electrons. The van der Waals surface area contributed by atoms with Crippen LogP contribution >= 0.6 is 0 Å². The average molecular weight is 610 g/mol. The normalized spacial score (nSPS) is 13.8. The van der Waals surface area contributed by atoms with E-state index in [-0.39, 0.29) is 23.5 Å². The molecular weight excluding hydrogens is 568 g/mol. The van der Waals surface area contributed by atoms with E-state index in [0.717, 1.165) is 25.0 Å². The summed E-state index contributed by atoms with van der Waals surface area (Å²) in [6.45, 7) is 8.33. The van der Waals surface area contributed by atoms with Crippen LogP contribution in [0.5, 0.6) is 0 Å². The topological polar surface area (TPSA) is 119 Å². The van der Waals surface area contributed by atoms with Crippen molar-refractivity contribution in [3.63, 3.8) is 0 Å². The van der Waals surface area contributed by atoms with Crippen molar-refractivity contribution in [3.05, 3.63) is 106 Å². The van der Waals surface area contributed by atoms with Gasteiger partial charge in [0, 0.05) is 35.8 Å². The first-order valence-electron chi connectivity index (χ1n) is 14.8. The smallest absolute Gasteiger partial charge is 0.253 e. The van der Waals surface area contributed by atoms with Crippen LogP contribution in [0.15, 0.2) is 66.7 Å². The van der Waals surface area contributed by atoms with Crippen LogP contribution in [0.25, 0.3) is 0 Å². The number of aliphatic hydroxyl groups is 2. The van der Waals surface area contributed by atoms with Crippen LogP contribution in [0, 0.1) is 18.6 Å². The number of carbonyl (C=O) groups is 3. The number of rotatable bonds is 14. The van der Waals surface area contributed by atoms with Gasteiger partial charge in [-0.25, -0.2) is 8.78 Å². The van der Waals surface area contributed by atoms with E-state index in [0.29, 0.717) is 35.8 Å². The Labute approximate surface area is 257 Å². The maximum Gasteiger partial charge on any atom is 0.253 e. The van der Waals surface area contributed by atoms with Gasteiger partial charge in [0.25, 0.3) is 17.7 Å². The Balaban J connectivity index is 1.88. The van der Waals surface area contributed by atoms with Crippen molar-refractivity contribution in [1.82, 2.24) is 15.5 Å². The zero-order valence-corrected chi connectivity index (χ0v) is 25.5. The lowest BCUT2D eigenvalue weighted by molar-refractivity contribution is -0.0187. The molecule has 10 heteroatoms. The van der Waals surface area contributed by atoms with Gasteiger partial charge in [-0.05, 0) is 86.7 Å². The first-order chi connectivity index (χ1) is 20.9. The van der Waals surface area contributed by atoms with E-state index in [4.69, 9.17) is 0 Å². The molecule has 4 N–H and O–H groups in total. The third kappa shape index (κ3) is 9.42. The number of aliphatic hydroxyl groups excluding tert-OH is 2. The number of benzene rings is 3. The quantitative estimate of drug-likeness (QED) is 0.216. The molecule has 0 radical (unpaired) electrons. The maximum atomic E-state index is 14.0. The van der Waals surface area contributed by atoms with Gasteiger partial charge in [-0.2, -0.15) is 0 Å². The molecule has 0 fully saturated rings. The summed E-state index contributed by atoms with van der Waals surface area (Å²) in [5, 5.41) is 27.6. The minimum atomic E-state index is -1.66. The summed E-state index contributed by atoms with van der Waals surface area (Å²) in [5.41, 5.74) is 1.62. The predicted molar refractivity (Wildman–Crippen MR) is 164 cm³/mol. The number of amides is 3. The highest BCUT2D eigenvalue weighted by molar-refractivity contribution is 6.00. The summed E-state index contributed by atoms with van der Waals surface area (Å²) >= 11 is 0. The summed E-state index contributed by atoms with van der Waals surface area (Å²) in [5.74, 6) is -3.02. The van der Waals surface area contributed by atoms with E-state index in [1.54, 1.807) is 54.3 Å². The summed E-state index contributed by atoms with van der Waals surface area (Å²) in [4.78, 5) is 41.2. The van der Waals surface area contributed by atoms with Gasteiger partial charge in [0.1, 0.15) is 23.8 Å². The summed E-state index contributed by atoms with van der Waals surface area (Å²) in [6.07, 6.45) is -1.92. The zero-order chi connectivity index (χ0) is 32.4. The Morgan fingerprint density at radius 2 is 1.34 bits per heavy atom. The van der Waals surface area contributed by atoms with Gasteiger partial charge < -0.3 is 25.7 Å². The molecule has 0 spiro atoms. The molecule has 3 amide bonds. The Morgan fingerprint density at radius 1 is 0.773 bits per heavy atom. The Bertz CT molecular complexity index is 1410. The standard InChI is InChI=1S/C34H41F2N3O5/c1-5-12-39(13-6-2)34(44)26-15-21(3)14-25(19-26)33(43)38-29(18-23-16-27(35)20-28(36)17-23)31(41)30(40)22(4)37-32(42)24-10-8-7-9-11-24/h7-11,14-17,19-20,22,29-31,40-41H,5-6,12-13,18H2,1-4H3,(H,37,42)(H,38,43)/t22-,29+,30-,31-/m1/s1. The lowest BCUT2D eigenvalue weighted by Gasteiger charge is -2.31. The summed E-state index contributed by atoms with van der Waals surface area (Å²) in [6, 6.07) is 13.7. The van der Waals surface area contributed by atoms with E-state index in [2.05, 4.69) is 10.6 Å². The largest absolute Gasteiger partial charge is 0.388 e. The van der Waals surface area contributed by atoms with Crippen molar-refractivity contribution in [1.29, 1.82) is 0 Å². The van der Waals surface area contributed by atoms with E-state index in [1.807, 2.05) is 13.8 Å². The average Bonchev–Trinajstić information content (AvgIpc) is 2.99. The molecule has 3 rings (SSSR count). The van der Waals surface area contributed by atoms with Gasteiger partial charge in [-0.1, -0.05) is 32.0 Å². The first-order valence-corrected chi connectivity index (χ1v) is 14.8.